The number of anilines is 2. The molecule has 9 nitrogen and oxygen atoms in total. The molecule has 0 unspecified atom stereocenters. The van der Waals surface area contributed by atoms with Gasteiger partial charge in [-0.3, -0.25) is 14.2 Å². The van der Waals surface area contributed by atoms with E-state index in [-0.39, 0.29) is 21.8 Å². The van der Waals surface area contributed by atoms with Crippen LogP contribution >= 0.6 is 12.1 Å². The number of amides is 3. The Balaban J connectivity index is 2.37. The number of hydrogen-bond donors (Lipinski definition) is 5. The number of alkyl halides is 3. The van der Waals surface area contributed by atoms with Gasteiger partial charge in [-0.1, -0.05) is 0 Å². The number of rotatable bonds is 7. The molecule has 0 bridgehead atoms. The van der Waals surface area contributed by atoms with E-state index < -0.39 is 33.7 Å². The monoisotopic (exact) mass is 463 g/mol. The Labute approximate surface area is 173 Å². The molecule has 0 fully saturated rings. The van der Waals surface area contributed by atoms with E-state index in [1.807, 2.05) is 0 Å². The number of hydrogen-bond acceptors (Lipinski definition) is 6. The summed E-state index contributed by atoms with van der Waals surface area (Å²) in [4.78, 5) is 22.9. The minimum Gasteiger partial charge on any atom is -0.355 e. The Kier molecular flexibility index (Phi) is 7.17. The molecule has 30 heavy (non-hydrogen) atoms. The predicted molar refractivity (Wildman–Crippen MR) is 105 cm³/mol. The fourth-order valence-corrected chi connectivity index (χ4v) is 3.29. The molecule has 0 saturated heterocycles. The molecule has 2 aromatic carbocycles. The van der Waals surface area contributed by atoms with E-state index in [4.69, 9.17) is 5.73 Å². The average Bonchev–Trinajstić information content (AvgIpc) is 2.67. The van der Waals surface area contributed by atoms with Gasteiger partial charge < -0.3 is 11.1 Å². The fraction of sp³-hybridized carbons (Fsp3) is 0.125. The molecule has 162 valence electrons. The molecule has 0 aliphatic carbocycles. The maximum Gasteiger partial charge on any atom is 0.416 e. The van der Waals surface area contributed by atoms with Crippen molar-refractivity contribution >= 4 is 45.5 Å². The lowest BCUT2D eigenvalue weighted by Crippen LogP contribution is -2.29. The van der Waals surface area contributed by atoms with Gasteiger partial charge in [-0.05, 0) is 49.5 Å². The van der Waals surface area contributed by atoms with Crippen LogP contribution in [0.1, 0.15) is 15.9 Å². The van der Waals surface area contributed by atoms with E-state index in [1.54, 1.807) is 0 Å². The maximum atomic E-state index is 12.7. The topological polar surface area (TPSA) is 142 Å². The van der Waals surface area contributed by atoms with E-state index in [0.717, 1.165) is 30.3 Å². The number of nitrogens with two attached hydrogens (primary N) is 1. The zero-order chi connectivity index (χ0) is 22.5. The number of nitrogens with one attached hydrogen (secondary N) is 4. The van der Waals surface area contributed by atoms with Crippen LogP contribution < -0.4 is 25.2 Å². The summed E-state index contributed by atoms with van der Waals surface area (Å²) < 4.78 is 68.6. The van der Waals surface area contributed by atoms with E-state index in [1.165, 1.54) is 19.2 Å². The van der Waals surface area contributed by atoms with Gasteiger partial charge in [0.25, 0.3) is 5.91 Å². The van der Waals surface area contributed by atoms with Crippen LogP contribution in [-0.4, -0.2) is 27.4 Å². The Bertz CT molecular complexity index is 1040. The number of primary amides is 1. The van der Waals surface area contributed by atoms with Crippen LogP contribution in [-0.2, 0) is 16.2 Å². The number of sulfonamides is 1. The molecule has 6 N–H and O–H groups in total. The third kappa shape index (κ3) is 6.01. The largest absolute Gasteiger partial charge is 0.416 e. The minimum atomic E-state index is -4.50. The highest BCUT2D eigenvalue weighted by molar-refractivity contribution is 7.96. The van der Waals surface area contributed by atoms with Crippen molar-refractivity contribution in [2.45, 2.75) is 11.1 Å². The predicted octanol–water partition coefficient (Wildman–Crippen LogP) is 2.32. The lowest BCUT2D eigenvalue weighted by atomic mass is 10.1. The van der Waals surface area contributed by atoms with Crippen LogP contribution in [0.5, 0.6) is 0 Å². The van der Waals surface area contributed by atoms with Crippen LogP contribution in [0.4, 0.5) is 29.3 Å². The molecule has 0 aromatic heterocycles. The number of urea groups is 1. The van der Waals surface area contributed by atoms with Crippen molar-refractivity contribution in [3.05, 3.63) is 53.6 Å². The van der Waals surface area contributed by atoms with Gasteiger partial charge in [0, 0.05) is 5.69 Å². The molecule has 0 saturated carbocycles. The standard InChI is InChI=1S/C16H16F3N5O4S2/c1-21-30(27,28)11-6-7-13(12(8-11)14(25)23-29-24-15(20)26)22-10-4-2-9(3-5-10)16(17,18)19/h2-8,21-22H,1H3,(H,23,25)(H3,20,24,26). The molecule has 2 aromatic rings. The Morgan fingerprint density at radius 3 is 2.20 bits per heavy atom. The third-order valence-electron chi connectivity index (χ3n) is 3.60. The lowest BCUT2D eigenvalue weighted by molar-refractivity contribution is -0.137. The molecule has 0 atom stereocenters. The highest BCUT2D eigenvalue weighted by Gasteiger charge is 2.30. The maximum absolute atomic E-state index is 12.7. The van der Waals surface area contributed by atoms with Gasteiger partial charge in [0.15, 0.2) is 0 Å². The summed E-state index contributed by atoms with van der Waals surface area (Å²) in [5, 5.41) is 2.76. The molecule has 0 aliphatic rings. The summed E-state index contributed by atoms with van der Waals surface area (Å²) in [5.41, 5.74) is 4.23. The molecule has 0 radical (unpaired) electrons. The van der Waals surface area contributed by atoms with Gasteiger partial charge in [0.05, 0.1) is 33.8 Å². The smallest absolute Gasteiger partial charge is 0.355 e. The fourth-order valence-electron chi connectivity index (χ4n) is 2.18. The van der Waals surface area contributed by atoms with Crippen molar-refractivity contribution in [2.75, 3.05) is 12.4 Å². The highest BCUT2D eigenvalue weighted by atomic mass is 32.2. The normalized spacial score (nSPS) is 11.6. The average molecular weight is 463 g/mol. The molecule has 2 rings (SSSR count). The second-order valence-corrected chi connectivity index (χ2v) is 8.11. The van der Waals surface area contributed by atoms with Crippen molar-refractivity contribution in [1.29, 1.82) is 0 Å². The third-order valence-corrected chi connectivity index (χ3v) is 5.60. The summed E-state index contributed by atoms with van der Waals surface area (Å²) in [6, 6.07) is 6.67. The molecule has 0 aliphatic heterocycles. The first kappa shape index (κ1) is 23.3. The summed E-state index contributed by atoms with van der Waals surface area (Å²) in [6.45, 7) is 0. The van der Waals surface area contributed by atoms with Crippen molar-refractivity contribution in [3.63, 3.8) is 0 Å². The number of halogens is 3. The van der Waals surface area contributed by atoms with Gasteiger partial charge in [0.2, 0.25) is 10.0 Å². The van der Waals surface area contributed by atoms with E-state index in [0.29, 0.717) is 12.1 Å². The summed E-state index contributed by atoms with van der Waals surface area (Å²) in [6.07, 6.45) is -4.50. The number of carbonyl (C=O) groups is 2. The molecule has 14 heteroatoms. The Hall–Kier alpha value is -2.97. The minimum absolute atomic E-state index is 0.113. The van der Waals surface area contributed by atoms with E-state index >= 15 is 0 Å². The molecular formula is C16H16F3N5O4S2. The second-order valence-electron chi connectivity index (χ2n) is 5.61. The zero-order valence-electron chi connectivity index (χ0n) is 15.2. The molecule has 0 spiro atoms. The lowest BCUT2D eigenvalue weighted by Gasteiger charge is -2.14. The van der Waals surface area contributed by atoms with E-state index in [2.05, 4.69) is 19.5 Å². The van der Waals surface area contributed by atoms with Gasteiger partial charge >= 0.3 is 12.2 Å². The van der Waals surface area contributed by atoms with E-state index in [9.17, 15) is 31.2 Å². The van der Waals surface area contributed by atoms with Gasteiger partial charge in [-0.25, -0.2) is 17.9 Å². The Morgan fingerprint density at radius 1 is 1.03 bits per heavy atom. The van der Waals surface area contributed by atoms with Crippen LogP contribution in [0.3, 0.4) is 0 Å². The van der Waals surface area contributed by atoms with Crippen LogP contribution in [0, 0.1) is 0 Å². The quantitative estimate of drug-likeness (QED) is 0.399. The van der Waals surface area contributed by atoms with Crippen molar-refractivity contribution in [2.24, 2.45) is 5.73 Å². The first-order valence-electron chi connectivity index (χ1n) is 7.97. The number of benzene rings is 2. The van der Waals surface area contributed by atoms with Crippen molar-refractivity contribution < 1.29 is 31.2 Å². The molecular weight excluding hydrogens is 447 g/mol. The van der Waals surface area contributed by atoms with Crippen LogP contribution in [0.2, 0.25) is 0 Å². The molecule has 3 amide bonds. The Morgan fingerprint density at radius 2 is 1.67 bits per heavy atom. The highest BCUT2D eigenvalue weighted by Crippen LogP contribution is 2.31. The first-order valence-corrected chi connectivity index (χ1v) is 10.3. The summed E-state index contributed by atoms with van der Waals surface area (Å²) in [5.74, 6) is -0.795. The van der Waals surface area contributed by atoms with Gasteiger partial charge in [0.1, 0.15) is 0 Å². The summed E-state index contributed by atoms with van der Waals surface area (Å²) >= 11 is 0.461. The molecule has 0 heterocycles. The van der Waals surface area contributed by atoms with Crippen LogP contribution in [0.25, 0.3) is 0 Å². The van der Waals surface area contributed by atoms with Gasteiger partial charge in [-0.2, -0.15) is 13.2 Å². The van der Waals surface area contributed by atoms with Crippen LogP contribution in [0.15, 0.2) is 47.4 Å². The SMILES string of the molecule is CNS(=O)(=O)c1ccc(Nc2ccc(C(F)(F)F)cc2)c(C(=O)NSNC(N)=O)c1. The zero-order valence-corrected chi connectivity index (χ0v) is 16.8. The number of carbonyl (C=O) groups excluding carboxylic acids is 2. The van der Waals surface area contributed by atoms with Gasteiger partial charge in [-0.15, -0.1) is 0 Å². The summed E-state index contributed by atoms with van der Waals surface area (Å²) in [7, 11) is -2.69. The first-order chi connectivity index (χ1) is 13.9. The van der Waals surface area contributed by atoms with Crippen molar-refractivity contribution in [3.8, 4) is 0 Å². The second kappa shape index (κ2) is 9.23. The van der Waals surface area contributed by atoms with Crippen molar-refractivity contribution in [1.82, 2.24) is 14.2 Å².